The van der Waals surface area contributed by atoms with Crippen molar-refractivity contribution >= 4 is 12.4 Å². The molecule has 0 saturated carbocycles. The van der Waals surface area contributed by atoms with E-state index >= 15 is 0 Å². The summed E-state index contributed by atoms with van der Waals surface area (Å²) in [7, 11) is 2.12. The van der Waals surface area contributed by atoms with Crippen LogP contribution in [0.25, 0.3) is 0 Å². The topological polar surface area (TPSA) is 54.2 Å². The fraction of sp³-hybridized carbons (Fsp3) is 0.500. The minimum absolute atomic E-state index is 0. The number of benzene rings is 1. The standard InChI is InChI=1S/C16H20N4O.ClH/c1-20-9-8-17-10-14(20)15-18-16(21-19-15)13-7-6-11-4-2-3-5-12(11)13;/h2-5,13-14,17H,6-10H2,1H3;1H. The van der Waals surface area contributed by atoms with Crippen molar-refractivity contribution in [3.63, 3.8) is 0 Å². The fourth-order valence-corrected chi connectivity index (χ4v) is 3.43. The highest BCUT2D eigenvalue weighted by molar-refractivity contribution is 5.85. The van der Waals surface area contributed by atoms with Crippen LogP contribution in [0.3, 0.4) is 0 Å². The third-order valence-corrected chi connectivity index (χ3v) is 4.70. The Morgan fingerprint density at radius 1 is 1.32 bits per heavy atom. The van der Waals surface area contributed by atoms with Crippen LogP contribution in [0.15, 0.2) is 28.8 Å². The zero-order valence-electron chi connectivity index (χ0n) is 12.7. The van der Waals surface area contributed by atoms with E-state index in [0.29, 0.717) is 0 Å². The van der Waals surface area contributed by atoms with Crippen LogP contribution in [0.2, 0.25) is 0 Å². The molecular formula is C16H21ClN4O. The van der Waals surface area contributed by atoms with Gasteiger partial charge in [0, 0.05) is 19.6 Å². The van der Waals surface area contributed by atoms with Gasteiger partial charge in [-0.2, -0.15) is 4.98 Å². The van der Waals surface area contributed by atoms with Crippen molar-refractivity contribution in [1.82, 2.24) is 20.4 Å². The number of rotatable bonds is 2. The minimum Gasteiger partial charge on any atom is -0.339 e. The zero-order valence-corrected chi connectivity index (χ0v) is 13.5. The Bertz CT molecular complexity index is 645. The third-order valence-electron chi connectivity index (χ3n) is 4.70. The molecule has 1 saturated heterocycles. The second-order valence-corrected chi connectivity index (χ2v) is 5.98. The summed E-state index contributed by atoms with van der Waals surface area (Å²) in [5, 5.41) is 7.63. The van der Waals surface area contributed by atoms with E-state index in [2.05, 4.69) is 46.7 Å². The lowest BCUT2D eigenvalue weighted by atomic mass is 10.0. The zero-order chi connectivity index (χ0) is 14.2. The summed E-state index contributed by atoms with van der Waals surface area (Å²) in [5.41, 5.74) is 2.77. The van der Waals surface area contributed by atoms with Crippen LogP contribution in [0, 0.1) is 0 Å². The molecule has 6 heteroatoms. The van der Waals surface area contributed by atoms with E-state index < -0.39 is 0 Å². The molecule has 1 aliphatic heterocycles. The van der Waals surface area contributed by atoms with Gasteiger partial charge in [-0.15, -0.1) is 12.4 Å². The van der Waals surface area contributed by atoms with Gasteiger partial charge in [-0.1, -0.05) is 29.4 Å². The highest BCUT2D eigenvalue weighted by Crippen LogP contribution is 2.37. The maximum Gasteiger partial charge on any atom is 0.234 e. The predicted octanol–water partition coefficient (Wildman–Crippen LogP) is 2.15. The number of nitrogens with zero attached hydrogens (tertiary/aromatic N) is 3. The molecule has 2 heterocycles. The van der Waals surface area contributed by atoms with Crippen molar-refractivity contribution in [2.24, 2.45) is 0 Å². The number of aromatic nitrogens is 2. The molecule has 5 nitrogen and oxygen atoms in total. The summed E-state index contributed by atoms with van der Waals surface area (Å²) in [5.74, 6) is 1.85. The largest absolute Gasteiger partial charge is 0.339 e. The van der Waals surface area contributed by atoms with Gasteiger partial charge in [0.25, 0.3) is 0 Å². The second-order valence-electron chi connectivity index (χ2n) is 5.98. The van der Waals surface area contributed by atoms with Gasteiger partial charge >= 0.3 is 0 Å². The molecular weight excluding hydrogens is 300 g/mol. The van der Waals surface area contributed by atoms with Crippen molar-refractivity contribution in [3.05, 3.63) is 47.1 Å². The first kappa shape index (κ1) is 15.5. The number of halogens is 1. The van der Waals surface area contributed by atoms with Gasteiger partial charge in [0.1, 0.15) is 0 Å². The van der Waals surface area contributed by atoms with E-state index in [1.54, 1.807) is 0 Å². The normalized spacial score (nSPS) is 24.8. The molecule has 22 heavy (non-hydrogen) atoms. The molecule has 0 spiro atoms. The predicted molar refractivity (Wildman–Crippen MR) is 86.4 cm³/mol. The Labute approximate surface area is 136 Å². The van der Waals surface area contributed by atoms with Gasteiger partial charge in [-0.25, -0.2) is 0 Å². The molecule has 0 bridgehead atoms. The van der Waals surface area contributed by atoms with Gasteiger partial charge in [-0.3, -0.25) is 4.90 Å². The summed E-state index contributed by atoms with van der Waals surface area (Å²) in [6.07, 6.45) is 2.17. The van der Waals surface area contributed by atoms with Crippen LogP contribution in [0.1, 0.15) is 41.2 Å². The molecule has 2 atom stereocenters. The Morgan fingerprint density at radius 3 is 3.05 bits per heavy atom. The summed E-state index contributed by atoms with van der Waals surface area (Å²) >= 11 is 0. The van der Waals surface area contributed by atoms with E-state index in [0.717, 1.165) is 44.2 Å². The number of fused-ring (bicyclic) bond motifs is 1. The minimum atomic E-state index is 0. The number of hydrogen-bond donors (Lipinski definition) is 1. The number of hydrogen-bond acceptors (Lipinski definition) is 5. The summed E-state index contributed by atoms with van der Waals surface area (Å²) in [6, 6.07) is 8.79. The smallest absolute Gasteiger partial charge is 0.234 e. The van der Waals surface area contributed by atoms with Crippen molar-refractivity contribution in [3.8, 4) is 0 Å². The molecule has 2 aromatic rings. The van der Waals surface area contributed by atoms with Crippen LogP contribution in [0.5, 0.6) is 0 Å². The summed E-state index contributed by atoms with van der Waals surface area (Å²) in [4.78, 5) is 6.99. The maximum absolute atomic E-state index is 5.59. The number of piperazine rings is 1. The van der Waals surface area contributed by atoms with Crippen molar-refractivity contribution < 1.29 is 4.52 Å². The number of likely N-dealkylation sites (N-methyl/N-ethyl adjacent to an activating group) is 1. The molecule has 1 aliphatic carbocycles. The molecule has 118 valence electrons. The van der Waals surface area contributed by atoms with E-state index in [1.807, 2.05) is 0 Å². The Hall–Kier alpha value is -1.43. The number of nitrogens with one attached hydrogen (secondary N) is 1. The quantitative estimate of drug-likeness (QED) is 0.919. The van der Waals surface area contributed by atoms with Crippen LogP contribution < -0.4 is 5.32 Å². The molecule has 1 aromatic heterocycles. The average Bonchev–Trinajstić information content (AvgIpc) is 3.14. The van der Waals surface area contributed by atoms with Crippen molar-refractivity contribution in [1.29, 1.82) is 0 Å². The highest BCUT2D eigenvalue weighted by Gasteiger charge is 2.31. The molecule has 0 amide bonds. The molecule has 1 aromatic carbocycles. The van der Waals surface area contributed by atoms with Crippen LogP contribution in [-0.2, 0) is 6.42 Å². The lowest BCUT2D eigenvalue weighted by Gasteiger charge is -2.30. The molecule has 2 aliphatic rings. The summed E-state index contributed by atoms with van der Waals surface area (Å²) in [6.45, 7) is 2.92. The Balaban J connectivity index is 0.00000144. The Kier molecular flexibility index (Phi) is 4.47. The average molecular weight is 321 g/mol. The molecule has 1 fully saturated rings. The van der Waals surface area contributed by atoms with Crippen LogP contribution in [0.4, 0.5) is 0 Å². The van der Waals surface area contributed by atoms with Gasteiger partial charge in [0.15, 0.2) is 5.82 Å². The molecule has 0 radical (unpaired) electrons. The molecule has 1 N–H and O–H groups in total. The van der Waals surface area contributed by atoms with Crippen LogP contribution >= 0.6 is 12.4 Å². The van der Waals surface area contributed by atoms with E-state index in [1.165, 1.54) is 11.1 Å². The van der Waals surface area contributed by atoms with Crippen molar-refractivity contribution in [2.45, 2.75) is 24.8 Å². The second kappa shape index (κ2) is 6.36. The first-order valence-corrected chi connectivity index (χ1v) is 7.65. The third kappa shape index (κ3) is 2.64. The molecule has 4 rings (SSSR count). The van der Waals surface area contributed by atoms with Crippen LogP contribution in [-0.4, -0.2) is 41.7 Å². The van der Waals surface area contributed by atoms with Gasteiger partial charge < -0.3 is 9.84 Å². The van der Waals surface area contributed by atoms with Crippen molar-refractivity contribution in [2.75, 3.05) is 26.7 Å². The van der Waals surface area contributed by atoms with E-state index in [4.69, 9.17) is 9.51 Å². The summed E-state index contributed by atoms with van der Waals surface area (Å²) < 4.78 is 5.59. The Morgan fingerprint density at radius 2 is 2.18 bits per heavy atom. The molecule has 2 unspecified atom stereocenters. The number of aryl methyl sites for hydroxylation is 1. The van der Waals surface area contributed by atoms with Gasteiger partial charge in [0.2, 0.25) is 5.89 Å². The van der Waals surface area contributed by atoms with Gasteiger partial charge in [-0.05, 0) is 31.0 Å². The SMILES string of the molecule is CN1CCNCC1c1noc(C2CCc3ccccc32)n1.Cl. The lowest BCUT2D eigenvalue weighted by Crippen LogP contribution is -2.44. The lowest BCUT2D eigenvalue weighted by molar-refractivity contribution is 0.190. The van der Waals surface area contributed by atoms with Gasteiger partial charge in [0.05, 0.1) is 12.0 Å². The van der Waals surface area contributed by atoms with E-state index in [-0.39, 0.29) is 24.4 Å². The monoisotopic (exact) mass is 320 g/mol. The highest BCUT2D eigenvalue weighted by atomic mass is 35.5. The first-order valence-electron chi connectivity index (χ1n) is 7.65. The maximum atomic E-state index is 5.59. The first-order chi connectivity index (χ1) is 10.3. The fourth-order valence-electron chi connectivity index (χ4n) is 3.43. The van der Waals surface area contributed by atoms with E-state index in [9.17, 15) is 0 Å².